The van der Waals surface area contributed by atoms with Crippen LogP contribution in [0.5, 0.6) is 5.75 Å². The molecule has 0 unspecified atom stereocenters. The number of carbonyl (C=O) groups is 1. The molecule has 0 radical (unpaired) electrons. The molecule has 1 amide bonds. The van der Waals surface area contributed by atoms with Crippen molar-refractivity contribution < 1.29 is 18.3 Å². The quantitative estimate of drug-likeness (QED) is 0.592. The molecule has 0 N–H and O–H groups in total. The molecule has 5 nitrogen and oxygen atoms in total. The molecule has 0 saturated heterocycles. The molecule has 0 spiro atoms. The average molecular weight is 405 g/mol. The van der Waals surface area contributed by atoms with E-state index < -0.39 is 17.5 Å². The van der Waals surface area contributed by atoms with Crippen LogP contribution < -0.4 is 9.64 Å². The number of rotatable bonds is 7. The van der Waals surface area contributed by atoms with Crippen molar-refractivity contribution in [3.05, 3.63) is 53.6 Å². The second-order valence-electron chi connectivity index (χ2n) is 6.44. The van der Waals surface area contributed by atoms with Gasteiger partial charge in [-0.15, -0.1) is 0 Å². The molecule has 148 valence electrons. The van der Waals surface area contributed by atoms with E-state index in [1.54, 1.807) is 0 Å². The van der Waals surface area contributed by atoms with Crippen LogP contribution in [0, 0.1) is 11.6 Å². The fourth-order valence-electron chi connectivity index (χ4n) is 2.66. The number of fused-ring (bicyclic) bond motifs is 1. The van der Waals surface area contributed by atoms with Crippen LogP contribution in [0.3, 0.4) is 0 Å². The molecule has 0 bridgehead atoms. The van der Waals surface area contributed by atoms with E-state index in [0.29, 0.717) is 30.9 Å². The number of halogens is 2. The summed E-state index contributed by atoms with van der Waals surface area (Å²) in [4.78, 5) is 20.9. The van der Waals surface area contributed by atoms with Crippen molar-refractivity contribution in [2.45, 2.75) is 6.92 Å². The average Bonchev–Trinajstić information content (AvgIpc) is 3.04. The highest BCUT2D eigenvalue weighted by atomic mass is 32.1. The molecule has 0 fully saturated rings. The molecule has 0 saturated carbocycles. The summed E-state index contributed by atoms with van der Waals surface area (Å²) in [6.45, 7) is 3.34. The zero-order chi connectivity index (χ0) is 20.3. The number of nitrogens with zero attached hydrogens (tertiary/aromatic N) is 3. The Morgan fingerprint density at radius 3 is 2.61 bits per heavy atom. The van der Waals surface area contributed by atoms with Crippen molar-refractivity contribution in [2.75, 3.05) is 38.7 Å². The van der Waals surface area contributed by atoms with Gasteiger partial charge in [0, 0.05) is 19.2 Å². The minimum absolute atomic E-state index is 0.186. The van der Waals surface area contributed by atoms with E-state index >= 15 is 0 Å². The summed E-state index contributed by atoms with van der Waals surface area (Å²) >= 11 is 1.33. The van der Waals surface area contributed by atoms with Gasteiger partial charge in [-0.2, -0.15) is 0 Å². The molecule has 0 aliphatic rings. The van der Waals surface area contributed by atoms with Crippen LogP contribution >= 0.6 is 11.3 Å². The van der Waals surface area contributed by atoms with Crippen LogP contribution in [0.4, 0.5) is 13.9 Å². The van der Waals surface area contributed by atoms with E-state index in [2.05, 4.69) is 4.98 Å². The number of thiazole rings is 1. The lowest BCUT2D eigenvalue weighted by Gasteiger charge is -2.22. The second-order valence-corrected chi connectivity index (χ2v) is 7.45. The van der Waals surface area contributed by atoms with Gasteiger partial charge in [-0.1, -0.05) is 11.3 Å². The largest absolute Gasteiger partial charge is 0.494 e. The molecular formula is C20H21F2N3O2S. The summed E-state index contributed by atoms with van der Waals surface area (Å²) in [5.74, 6) is -1.44. The van der Waals surface area contributed by atoms with E-state index in [9.17, 15) is 13.6 Å². The Labute approximate surface area is 166 Å². The summed E-state index contributed by atoms with van der Waals surface area (Å²) in [6.07, 6.45) is 0. The Balaban J connectivity index is 1.99. The van der Waals surface area contributed by atoms with E-state index in [-0.39, 0.29) is 5.56 Å². The third-order valence-corrected chi connectivity index (χ3v) is 5.11. The predicted molar refractivity (Wildman–Crippen MR) is 107 cm³/mol. The van der Waals surface area contributed by atoms with Crippen molar-refractivity contribution in [3.63, 3.8) is 0 Å². The molecule has 0 aliphatic heterocycles. The van der Waals surface area contributed by atoms with Crippen molar-refractivity contribution >= 4 is 32.6 Å². The number of anilines is 1. The first kappa shape index (κ1) is 20.2. The SMILES string of the molecule is CCOc1ccc2nc(N(CCN(C)C)C(=O)c3ccc(F)cc3F)sc2c1. The van der Waals surface area contributed by atoms with Gasteiger partial charge in [-0.3, -0.25) is 9.69 Å². The van der Waals surface area contributed by atoms with Crippen molar-refractivity contribution in [1.29, 1.82) is 0 Å². The van der Waals surface area contributed by atoms with Crippen molar-refractivity contribution in [1.82, 2.24) is 9.88 Å². The highest BCUT2D eigenvalue weighted by Crippen LogP contribution is 2.32. The third-order valence-electron chi connectivity index (χ3n) is 4.07. The van der Waals surface area contributed by atoms with Gasteiger partial charge in [0.1, 0.15) is 17.4 Å². The normalized spacial score (nSPS) is 11.2. The van der Waals surface area contributed by atoms with Gasteiger partial charge in [0.2, 0.25) is 0 Å². The zero-order valence-corrected chi connectivity index (χ0v) is 16.7. The number of ether oxygens (including phenoxy) is 1. The minimum atomic E-state index is -0.889. The van der Waals surface area contributed by atoms with Crippen LogP contribution in [-0.2, 0) is 0 Å². The summed E-state index contributed by atoms with van der Waals surface area (Å²) in [7, 11) is 3.77. The van der Waals surface area contributed by atoms with Crippen LogP contribution in [-0.4, -0.2) is 49.6 Å². The molecule has 3 rings (SSSR count). The van der Waals surface area contributed by atoms with E-state index in [1.165, 1.54) is 16.2 Å². The lowest BCUT2D eigenvalue weighted by Crippen LogP contribution is -2.37. The predicted octanol–water partition coefficient (Wildman–Crippen LogP) is 4.18. The number of hydrogen-bond donors (Lipinski definition) is 0. The van der Waals surface area contributed by atoms with Gasteiger partial charge in [0.15, 0.2) is 5.13 Å². The van der Waals surface area contributed by atoms with E-state index in [1.807, 2.05) is 44.1 Å². The summed E-state index contributed by atoms with van der Waals surface area (Å²) in [5, 5.41) is 0.458. The number of benzene rings is 2. The van der Waals surface area contributed by atoms with E-state index in [0.717, 1.165) is 28.1 Å². The molecular weight excluding hydrogens is 384 g/mol. The summed E-state index contributed by atoms with van der Waals surface area (Å²) < 4.78 is 33.8. The highest BCUT2D eigenvalue weighted by Gasteiger charge is 2.24. The van der Waals surface area contributed by atoms with E-state index in [4.69, 9.17) is 4.74 Å². The Hall–Kier alpha value is -2.58. The van der Waals surface area contributed by atoms with Gasteiger partial charge in [-0.05, 0) is 51.4 Å². The Bertz CT molecular complexity index is 991. The zero-order valence-electron chi connectivity index (χ0n) is 15.9. The first-order chi connectivity index (χ1) is 13.4. The summed E-state index contributed by atoms with van der Waals surface area (Å²) in [6, 6.07) is 8.47. The monoisotopic (exact) mass is 405 g/mol. The molecule has 2 aromatic carbocycles. The second kappa shape index (κ2) is 8.62. The molecule has 1 heterocycles. The van der Waals surface area contributed by atoms with Crippen LogP contribution in [0.15, 0.2) is 36.4 Å². The smallest absolute Gasteiger partial charge is 0.263 e. The number of likely N-dealkylation sites (N-methyl/N-ethyl adjacent to an activating group) is 1. The van der Waals surface area contributed by atoms with Crippen molar-refractivity contribution in [2.24, 2.45) is 0 Å². The third kappa shape index (κ3) is 4.45. The maximum Gasteiger partial charge on any atom is 0.263 e. The van der Waals surface area contributed by atoms with Crippen LogP contribution in [0.1, 0.15) is 17.3 Å². The highest BCUT2D eigenvalue weighted by molar-refractivity contribution is 7.22. The first-order valence-electron chi connectivity index (χ1n) is 8.84. The number of aromatic nitrogens is 1. The van der Waals surface area contributed by atoms with Gasteiger partial charge >= 0.3 is 0 Å². The lowest BCUT2D eigenvalue weighted by molar-refractivity contribution is 0.0981. The standard InChI is InChI=1S/C20H21F2N3O2S/c1-4-27-14-6-8-17-18(12-14)28-20(23-17)25(10-9-24(2)3)19(26)15-7-5-13(21)11-16(15)22/h5-8,11-12H,4,9-10H2,1-3H3. The molecule has 0 aliphatic carbocycles. The minimum Gasteiger partial charge on any atom is -0.494 e. The van der Waals surface area contributed by atoms with Gasteiger partial charge in [0.05, 0.1) is 22.4 Å². The maximum absolute atomic E-state index is 14.2. The topological polar surface area (TPSA) is 45.7 Å². The Morgan fingerprint density at radius 1 is 1.14 bits per heavy atom. The number of amides is 1. The molecule has 28 heavy (non-hydrogen) atoms. The first-order valence-corrected chi connectivity index (χ1v) is 9.65. The Morgan fingerprint density at radius 2 is 1.93 bits per heavy atom. The summed E-state index contributed by atoms with van der Waals surface area (Å²) in [5.41, 5.74) is 0.542. The van der Waals surface area contributed by atoms with Crippen molar-refractivity contribution in [3.8, 4) is 5.75 Å². The van der Waals surface area contributed by atoms with Crippen LogP contribution in [0.2, 0.25) is 0 Å². The molecule has 1 aromatic heterocycles. The number of hydrogen-bond acceptors (Lipinski definition) is 5. The Kier molecular flexibility index (Phi) is 6.21. The number of carbonyl (C=O) groups excluding carboxylic acids is 1. The fourth-order valence-corrected chi connectivity index (χ4v) is 3.68. The molecule has 0 atom stereocenters. The van der Waals surface area contributed by atoms with Gasteiger partial charge < -0.3 is 9.64 Å². The van der Waals surface area contributed by atoms with Gasteiger partial charge in [0.25, 0.3) is 5.91 Å². The fraction of sp³-hybridized carbons (Fsp3) is 0.300. The molecule has 3 aromatic rings. The maximum atomic E-state index is 14.2. The lowest BCUT2D eigenvalue weighted by atomic mass is 10.2. The molecule has 8 heteroatoms. The van der Waals surface area contributed by atoms with Crippen LogP contribution in [0.25, 0.3) is 10.2 Å². The van der Waals surface area contributed by atoms with Gasteiger partial charge in [-0.25, -0.2) is 13.8 Å².